The predicted molar refractivity (Wildman–Crippen MR) is 36.9 cm³/mol. The average Bonchev–Trinajstić information content (AvgIpc) is 1.91. The molecule has 2 unspecified atom stereocenters. The molecule has 0 fully saturated rings. The van der Waals surface area contributed by atoms with Gasteiger partial charge in [0.25, 0.3) is 0 Å². The first kappa shape index (κ1) is 6.91. The molecule has 9 heavy (non-hydrogen) atoms. The van der Waals surface area contributed by atoms with Crippen molar-refractivity contribution < 1.29 is 9.09 Å². The molecule has 0 N–H and O–H groups in total. The van der Waals surface area contributed by atoms with Crippen LogP contribution >= 0.6 is 8.69 Å². The van der Waals surface area contributed by atoms with Gasteiger partial charge >= 0.3 is 8.69 Å². The molecule has 2 atom stereocenters. The first-order chi connectivity index (χ1) is 4.43. The Kier molecular flexibility index (Phi) is 2.88. The molecule has 1 rings (SSSR count). The van der Waals surface area contributed by atoms with E-state index in [2.05, 4.69) is 6.08 Å². The van der Waals surface area contributed by atoms with Gasteiger partial charge in [-0.15, -0.1) is 4.52 Å². The standard InChI is InChI=1S/C6H10O2P/c7-9-8-6-4-2-1-3-5-6/h2,4,6,9H,1,3,5H2/q+1. The average molecular weight is 145 g/mol. The van der Waals surface area contributed by atoms with Gasteiger partial charge in [0.05, 0.1) is 0 Å². The van der Waals surface area contributed by atoms with Crippen molar-refractivity contribution in [2.24, 2.45) is 0 Å². The lowest BCUT2D eigenvalue weighted by molar-refractivity contribution is 0.252. The third kappa shape index (κ3) is 2.25. The highest BCUT2D eigenvalue weighted by Crippen LogP contribution is 2.16. The van der Waals surface area contributed by atoms with E-state index in [9.17, 15) is 4.57 Å². The molecule has 50 valence electrons. The zero-order chi connectivity index (χ0) is 6.53. The molecule has 1 aliphatic rings. The summed E-state index contributed by atoms with van der Waals surface area (Å²) in [5, 5.41) is 0. The lowest BCUT2D eigenvalue weighted by Crippen LogP contribution is -2.06. The third-order valence-electron chi connectivity index (χ3n) is 1.41. The van der Waals surface area contributed by atoms with Crippen molar-refractivity contribution in [1.82, 2.24) is 0 Å². The highest BCUT2D eigenvalue weighted by atomic mass is 31.1. The SMILES string of the molecule is O=[PH+]OC1C=CCCC1. The van der Waals surface area contributed by atoms with E-state index < -0.39 is 8.69 Å². The van der Waals surface area contributed by atoms with Crippen LogP contribution in [0.25, 0.3) is 0 Å². The molecule has 1 aliphatic carbocycles. The van der Waals surface area contributed by atoms with E-state index in [1.165, 1.54) is 0 Å². The Bertz CT molecular complexity index is 122. The van der Waals surface area contributed by atoms with Gasteiger partial charge < -0.3 is 0 Å². The maximum Gasteiger partial charge on any atom is 0.494 e. The smallest absolute Gasteiger partial charge is 0.140 e. The van der Waals surface area contributed by atoms with Crippen LogP contribution in [-0.4, -0.2) is 6.10 Å². The van der Waals surface area contributed by atoms with Crippen molar-refractivity contribution in [3.8, 4) is 0 Å². The van der Waals surface area contributed by atoms with Crippen molar-refractivity contribution in [3.05, 3.63) is 12.2 Å². The molecule has 0 aromatic rings. The molecule has 0 aromatic heterocycles. The molecule has 0 bridgehead atoms. The summed E-state index contributed by atoms with van der Waals surface area (Å²) in [6.07, 6.45) is 7.50. The minimum atomic E-state index is -0.613. The normalized spacial score (nSPS) is 26.9. The Balaban J connectivity index is 2.31. The van der Waals surface area contributed by atoms with Gasteiger partial charge in [-0.1, -0.05) is 12.2 Å². The maximum atomic E-state index is 9.97. The van der Waals surface area contributed by atoms with Crippen LogP contribution in [-0.2, 0) is 9.09 Å². The van der Waals surface area contributed by atoms with E-state index in [0.29, 0.717) is 0 Å². The molecule has 3 heteroatoms. The molecule has 0 saturated heterocycles. The molecule has 0 aromatic carbocycles. The third-order valence-corrected chi connectivity index (χ3v) is 1.81. The van der Waals surface area contributed by atoms with Crippen LogP contribution in [0.2, 0.25) is 0 Å². The van der Waals surface area contributed by atoms with Crippen molar-refractivity contribution >= 4 is 8.69 Å². The Labute approximate surface area is 56.2 Å². The van der Waals surface area contributed by atoms with Crippen molar-refractivity contribution in [1.29, 1.82) is 0 Å². The fourth-order valence-corrected chi connectivity index (χ4v) is 1.26. The van der Waals surface area contributed by atoms with E-state index in [1.54, 1.807) is 0 Å². The van der Waals surface area contributed by atoms with Crippen molar-refractivity contribution in [2.75, 3.05) is 0 Å². The first-order valence-electron chi connectivity index (χ1n) is 3.13. The number of rotatable bonds is 2. The van der Waals surface area contributed by atoms with E-state index in [-0.39, 0.29) is 6.10 Å². The molecule has 0 aliphatic heterocycles. The topological polar surface area (TPSA) is 26.3 Å². The van der Waals surface area contributed by atoms with Gasteiger partial charge in [-0.05, 0) is 23.8 Å². The molecule has 0 spiro atoms. The van der Waals surface area contributed by atoms with Gasteiger partial charge in [-0.2, -0.15) is 0 Å². The quantitative estimate of drug-likeness (QED) is 0.439. The predicted octanol–water partition coefficient (Wildman–Crippen LogP) is 2.05. The van der Waals surface area contributed by atoms with Crippen LogP contribution in [0.3, 0.4) is 0 Å². The number of allylic oxidation sites excluding steroid dienone is 1. The van der Waals surface area contributed by atoms with Gasteiger partial charge in [-0.3, -0.25) is 0 Å². The minimum absolute atomic E-state index is 0.120. The van der Waals surface area contributed by atoms with E-state index >= 15 is 0 Å². The highest BCUT2D eigenvalue weighted by Gasteiger charge is 2.11. The Morgan fingerprint density at radius 1 is 1.67 bits per heavy atom. The molecular weight excluding hydrogens is 135 g/mol. The summed E-state index contributed by atoms with van der Waals surface area (Å²) in [6.45, 7) is 0. The first-order valence-corrected chi connectivity index (χ1v) is 3.94. The Morgan fingerprint density at radius 3 is 3.11 bits per heavy atom. The number of hydrogen-bond donors (Lipinski definition) is 0. The van der Waals surface area contributed by atoms with Crippen molar-refractivity contribution in [2.45, 2.75) is 25.4 Å². The van der Waals surface area contributed by atoms with Crippen LogP contribution in [0.4, 0.5) is 0 Å². The van der Waals surface area contributed by atoms with E-state index in [4.69, 9.17) is 4.52 Å². The summed E-state index contributed by atoms with van der Waals surface area (Å²) < 4.78 is 14.8. The summed E-state index contributed by atoms with van der Waals surface area (Å²) >= 11 is 0. The van der Waals surface area contributed by atoms with Gasteiger partial charge in [0, 0.05) is 0 Å². The van der Waals surface area contributed by atoms with Crippen LogP contribution in [0, 0.1) is 0 Å². The molecule has 0 saturated carbocycles. The fraction of sp³-hybridized carbons (Fsp3) is 0.667. The Hall–Kier alpha value is -0.200. The van der Waals surface area contributed by atoms with Crippen LogP contribution in [0.1, 0.15) is 19.3 Å². The summed E-state index contributed by atoms with van der Waals surface area (Å²) in [7, 11) is -0.613. The molecular formula is C6H10O2P+. The Morgan fingerprint density at radius 2 is 2.56 bits per heavy atom. The van der Waals surface area contributed by atoms with Crippen LogP contribution in [0.5, 0.6) is 0 Å². The van der Waals surface area contributed by atoms with Gasteiger partial charge in [0.15, 0.2) is 0 Å². The van der Waals surface area contributed by atoms with Crippen LogP contribution < -0.4 is 0 Å². The van der Waals surface area contributed by atoms with Crippen molar-refractivity contribution in [3.63, 3.8) is 0 Å². The lowest BCUT2D eigenvalue weighted by Gasteiger charge is -2.07. The zero-order valence-corrected chi connectivity index (χ0v) is 6.17. The minimum Gasteiger partial charge on any atom is -0.140 e. The second-order valence-electron chi connectivity index (χ2n) is 2.10. The summed E-state index contributed by atoms with van der Waals surface area (Å²) in [5.41, 5.74) is 0. The maximum absolute atomic E-state index is 9.97. The fourth-order valence-electron chi connectivity index (χ4n) is 0.941. The second kappa shape index (κ2) is 3.76. The van der Waals surface area contributed by atoms with E-state index in [1.807, 2.05) is 6.08 Å². The largest absolute Gasteiger partial charge is 0.494 e. The van der Waals surface area contributed by atoms with Crippen LogP contribution in [0.15, 0.2) is 12.2 Å². The summed E-state index contributed by atoms with van der Waals surface area (Å²) in [5.74, 6) is 0. The second-order valence-corrected chi connectivity index (χ2v) is 2.50. The van der Waals surface area contributed by atoms with Gasteiger partial charge in [0.2, 0.25) is 0 Å². The molecule has 0 radical (unpaired) electrons. The van der Waals surface area contributed by atoms with E-state index in [0.717, 1.165) is 19.3 Å². The van der Waals surface area contributed by atoms with Gasteiger partial charge in [0.1, 0.15) is 6.10 Å². The molecule has 2 nitrogen and oxygen atoms in total. The highest BCUT2D eigenvalue weighted by molar-refractivity contribution is 7.17. The molecule has 0 amide bonds. The monoisotopic (exact) mass is 145 g/mol. The summed E-state index contributed by atoms with van der Waals surface area (Å²) in [4.78, 5) is 0. The molecule has 0 heterocycles. The summed E-state index contributed by atoms with van der Waals surface area (Å²) in [6, 6.07) is 0. The van der Waals surface area contributed by atoms with Gasteiger partial charge in [-0.25, -0.2) is 0 Å². The lowest BCUT2D eigenvalue weighted by atomic mass is 10.1. The number of hydrogen-bond acceptors (Lipinski definition) is 2. The zero-order valence-electron chi connectivity index (χ0n) is 5.17.